The van der Waals surface area contributed by atoms with E-state index in [0.717, 1.165) is 16.8 Å². The third-order valence-corrected chi connectivity index (χ3v) is 5.87. The summed E-state index contributed by atoms with van der Waals surface area (Å²) in [5.41, 5.74) is 3.98. The first kappa shape index (κ1) is 25.6. The van der Waals surface area contributed by atoms with Gasteiger partial charge in [-0.25, -0.2) is 0 Å². The summed E-state index contributed by atoms with van der Waals surface area (Å²) in [7, 11) is 0. The molecule has 0 spiro atoms. The van der Waals surface area contributed by atoms with Gasteiger partial charge >= 0.3 is 0 Å². The molecule has 0 bridgehead atoms. The van der Waals surface area contributed by atoms with E-state index in [1.807, 2.05) is 18.2 Å². The number of ether oxygens (including phenoxy) is 1. The van der Waals surface area contributed by atoms with Crippen LogP contribution in [0.5, 0.6) is 5.75 Å². The molecule has 0 fully saturated rings. The summed E-state index contributed by atoms with van der Waals surface area (Å²) in [4.78, 5) is 25.2. The molecular formula is C27H28Cl2N2O3. The molecule has 3 rings (SSSR count). The Morgan fingerprint density at radius 3 is 2.06 bits per heavy atom. The quantitative estimate of drug-likeness (QED) is 0.337. The second kappa shape index (κ2) is 11.4. The second-order valence-corrected chi connectivity index (χ2v) is 9.40. The maximum Gasteiger partial charge on any atom is 0.262 e. The van der Waals surface area contributed by atoms with Gasteiger partial charge in [-0.3, -0.25) is 9.59 Å². The molecule has 2 N–H and O–H groups in total. The Hall–Kier alpha value is -3.02. The predicted molar refractivity (Wildman–Crippen MR) is 140 cm³/mol. The molecular weight excluding hydrogens is 471 g/mol. The molecule has 0 heterocycles. The number of nitrogens with one attached hydrogen (secondary N) is 2. The van der Waals surface area contributed by atoms with E-state index in [1.54, 1.807) is 42.5 Å². The van der Waals surface area contributed by atoms with Crippen molar-refractivity contribution in [1.82, 2.24) is 0 Å². The fourth-order valence-corrected chi connectivity index (χ4v) is 3.85. The summed E-state index contributed by atoms with van der Waals surface area (Å²) in [6.45, 7) is 8.22. The molecule has 5 nitrogen and oxygen atoms in total. The molecule has 2 amide bonds. The van der Waals surface area contributed by atoms with Gasteiger partial charge in [-0.05, 0) is 65.4 Å². The van der Waals surface area contributed by atoms with Crippen molar-refractivity contribution in [2.45, 2.75) is 39.5 Å². The standard InChI is InChI=1S/C27H28Cl2N2O3/c1-16(2)21-6-5-7-22(17(3)4)26(21)31-27(33)18-8-11-20(12-9-18)34-15-25(32)30-24-14-19(28)10-13-23(24)29/h5-14,16-17H,15H2,1-4H3,(H,30,32)(H,31,33). The Balaban J connectivity index is 1.64. The van der Waals surface area contributed by atoms with Crippen molar-refractivity contribution >= 4 is 46.4 Å². The molecule has 0 unspecified atom stereocenters. The molecule has 0 aliphatic rings. The van der Waals surface area contributed by atoms with E-state index >= 15 is 0 Å². The highest BCUT2D eigenvalue weighted by Gasteiger charge is 2.17. The summed E-state index contributed by atoms with van der Waals surface area (Å²) in [5.74, 6) is 0.442. The van der Waals surface area contributed by atoms with Gasteiger partial charge in [0, 0.05) is 16.3 Å². The first-order valence-corrected chi connectivity index (χ1v) is 11.8. The Kier molecular flexibility index (Phi) is 8.59. The topological polar surface area (TPSA) is 67.4 Å². The fraction of sp³-hybridized carbons (Fsp3) is 0.259. The van der Waals surface area contributed by atoms with E-state index in [1.165, 1.54) is 0 Å². The zero-order chi connectivity index (χ0) is 24.8. The lowest BCUT2D eigenvalue weighted by molar-refractivity contribution is -0.118. The van der Waals surface area contributed by atoms with Crippen molar-refractivity contribution in [3.05, 3.63) is 87.4 Å². The van der Waals surface area contributed by atoms with E-state index in [2.05, 4.69) is 38.3 Å². The lowest BCUT2D eigenvalue weighted by atomic mass is 9.92. The Morgan fingerprint density at radius 1 is 0.853 bits per heavy atom. The summed E-state index contributed by atoms with van der Waals surface area (Å²) in [6, 6.07) is 17.6. The normalized spacial score (nSPS) is 10.9. The maximum atomic E-state index is 13.0. The van der Waals surface area contributed by atoms with E-state index in [9.17, 15) is 9.59 Å². The van der Waals surface area contributed by atoms with E-state index in [0.29, 0.717) is 27.0 Å². The van der Waals surface area contributed by atoms with Crippen LogP contribution in [0.2, 0.25) is 10.0 Å². The van der Waals surface area contributed by atoms with Crippen LogP contribution in [0, 0.1) is 0 Å². The highest BCUT2D eigenvalue weighted by atomic mass is 35.5. The number of carbonyl (C=O) groups excluding carboxylic acids is 2. The monoisotopic (exact) mass is 498 g/mol. The molecule has 0 atom stereocenters. The highest BCUT2D eigenvalue weighted by molar-refractivity contribution is 6.35. The number of amides is 2. The van der Waals surface area contributed by atoms with E-state index < -0.39 is 0 Å². The SMILES string of the molecule is CC(C)c1cccc(C(C)C)c1NC(=O)c1ccc(OCC(=O)Nc2cc(Cl)ccc2Cl)cc1. The van der Waals surface area contributed by atoms with Crippen LogP contribution in [0.4, 0.5) is 11.4 Å². The summed E-state index contributed by atoms with van der Waals surface area (Å²) in [6.07, 6.45) is 0. The Bertz CT molecular complexity index is 1150. The van der Waals surface area contributed by atoms with Gasteiger partial charge in [0.15, 0.2) is 6.61 Å². The summed E-state index contributed by atoms with van der Waals surface area (Å²) < 4.78 is 5.54. The van der Waals surface area contributed by atoms with Crippen LogP contribution in [0.15, 0.2) is 60.7 Å². The third-order valence-electron chi connectivity index (χ3n) is 5.30. The minimum atomic E-state index is -0.377. The van der Waals surface area contributed by atoms with Gasteiger partial charge in [-0.2, -0.15) is 0 Å². The molecule has 0 radical (unpaired) electrons. The van der Waals surface area contributed by atoms with Gasteiger partial charge in [0.05, 0.1) is 10.7 Å². The van der Waals surface area contributed by atoms with Crippen molar-refractivity contribution in [3.8, 4) is 5.75 Å². The smallest absolute Gasteiger partial charge is 0.262 e. The largest absolute Gasteiger partial charge is 0.484 e. The number of carbonyl (C=O) groups is 2. The first-order valence-electron chi connectivity index (χ1n) is 11.1. The van der Waals surface area contributed by atoms with Crippen molar-refractivity contribution in [2.24, 2.45) is 0 Å². The van der Waals surface area contributed by atoms with Crippen molar-refractivity contribution in [1.29, 1.82) is 0 Å². The molecule has 178 valence electrons. The van der Waals surface area contributed by atoms with Crippen LogP contribution in [0.3, 0.4) is 0 Å². The van der Waals surface area contributed by atoms with Crippen molar-refractivity contribution in [3.63, 3.8) is 0 Å². The average molecular weight is 499 g/mol. The lowest BCUT2D eigenvalue weighted by Crippen LogP contribution is -2.20. The highest BCUT2D eigenvalue weighted by Crippen LogP contribution is 2.33. The fourth-order valence-electron chi connectivity index (χ4n) is 3.51. The van der Waals surface area contributed by atoms with Gasteiger partial charge < -0.3 is 15.4 Å². The Morgan fingerprint density at radius 2 is 1.47 bits per heavy atom. The van der Waals surface area contributed by atoms with Crippen LogP contribution in [0.25, 0.3) is 0 Å². The first-order chi connectivity index (χ1) is 16.2. The molecule has 0 saturated heterocycles. The molecule has 3 aromatic carbocycles. The third kappa shape index (κ3) is 6.52. The Labute approximate surface area is 210 Å². The van der Waals surface area contributed by atoms with Crippen molar-refractivity contribution in [2.75, 3.05) is 17.2 Å². The molecule has 0 aromatic heterocycles. The molecule has 7 heteroatoms. The summed E-state index contributed by atoms with van der Waals surface area (Å²) in [5, 5.41) is 6.61. The zero-order valence-corrected chi connectivity index (χ0v) is 21.1. The van der Waals surface area contributed by atoms with Crippen LogP contribution in [-0.4, -0.2) is 18.4 Å². The minimum absolute atomic E-state index is 0.199. The van der Waals surface area contributed by atoms with Crippen LogP contribution >= 0.6 is 23.2 Å². The number of hydrogen-bond acceptors (Lipinski definition) is 3. The minimum Gasteiger partial charge on any atom is -0.484 e. The summed E-state index contributed by atoms with van der Waals surface area (Å²) >= 11 is 12.0. The number of anilines is 2. The zero-order valence-electron chi connectivity index (χ0n) is 19.6. The second-order valence-electron chi connectivity index (χ2n) is 8.56. The number of para-hydroxylation sites is 1. The molecule has 0 saturated carbocycles. The maximum absolute atomic E-state index is 13.0. The van der Waals surface area contributed by atoms with Gasteiger partial charge in [0.1, 0.15) is 5.75 Å². The van der Waals surface area contributed by atoms with Gasteiger partial charge in [0.25, 0.3) is 11.8 Å². The predicted octanol–water partition coefficient (Wildman–Crippen LogP) is 7.51. The van der Waals surface area contributed by atoms with Crippen LogP contribution in [0.1, 0.15) is 61.0 Å². The number of halogens is 2. The molecule has 34 heavy (non-hydrogen) atoms. The van der Waals surface area contributed by atoms with Gasteiger partial charge in [-0.1, -0.05) is 69.1 Å². The number of hydrogen-bond donors (Lipinski definition) is 2. The number of benzene rings is 3. The molecule has 3 aromatic rings. The van der Waals surface area contributed by atoms with Crippen LogP contribution in [-0.2, 0) is 4.79 Å². The van der Waals surface area contributed by atoms with E-state index in [-0.39, 0.29) is 30.3 Å². The lowest BCUT2D eigenvalue weighted by Gasteiger charge is -2.20. The van der Waals surface area contributed by atoms with Crippen molar-refractivity contribution < 1.29 is 14.3 Å². The average Bonchev–Trinajstić information content (AvgIpc) is 2.80. The van der Waals surface area contributed by atoms with Crippen LogP contribution < -0.4 is 15.4 Å². The number of rotatable bonds is 8. The van der Waals surface area contributed by atoms with Gasteiger partial charge in [0.2, 0.25) is 0 Å². The molecule has 0 aliphatic carbocycles. The van der Waals surface area contributed by atoms with E-state index in [4.69, 9.17) is 27.9 Å². The molecule has 0 aliphatic heterocycles. The van der Waals surface area contributed by atoms with Gasteiger partial charge in [-0.15, -0.1) is 0 Å².